The van der Waals surface area contributed by atoms with E-state index in [1.807, 2.05) is 24.3 Å². The number of aromatic nitrogens is 4. The third kappa shape index (κ3) is 2.60. The molecular weight excluding hydrogens is 367 g/mol. The average Bonchev–Trinajstić information content (AvgIpc) is 3.26. The third-order valence-electron chi connectivity index (χ3n) is 3.56. The fraction of sp³-hybridized carbons (Fsp3) is 0.188. The molecule has 0 bridgehead atoms. The van der Waals surface area contributed by atoms with Crippen LogP contribution in [0.4, 0.5) is 0 Å². The molecule has 0 fully saturated rings. The van der Waals surface area contributed by atoms with Crippen LogP contribution in [0.25, 0.3) is 27.1 Å². The summed E-state index contributed by atoms with van der Waals surface area (Å²) in [6.45, 7) is 2.10. The summed E-state index contributed by atoms with van der Waals surface area (Å²) in [6.07, 6.45) is 1.83. The van der Waals surface area contributed by atoms with E-state index < -0.39 is 0 Å². The number of hydrogen-bond acceptors (Lipinski definition) is 5. The molecule has 0 amide bonds. The lowest BCUT2D eigenvalue weighted by Gasteiger charge is -2.01. The zero-order valence-electron chi connectivity index (χ0n) is 12.7. The van der Waals surface area contributed by atoms with Gasteiger partial charge >= 0.3 is 0 Å². The summed E-state index contributed by atoms with van der Waals surface area (Å²) in [5.41, 5.74) is 0.755. The van der Waals surface area contributed by atoms with Gasteiger partial charge in [-0.2, -0.15) is 4.52 Å². The molecule has 3 heterocycles. The molecular formula is C16H12Cl2N4OS. The summed E-state index contributed by atoms with van der Waals surface area (Å²) >= 11 is 13.8. The second-order valence-corrected chi connectivity index (χ2v) is 6.97. The second-order valence-electron chi connectivity index (χ2n) is 5.23. The minimum atomic E-state index is 0.475. The molecule has 0 unspecified atom stereocenters. The number of halogens is 2. The molecule has 24 heavy (non-hydrogen) atoms. The van der Waals surface area contributed by atoms with Crippen molar-refractivity contribution in [1.82, 2.24) is 19.8 Å². The van der Waals surface area contributed by atoms with Crippen LogP contribution in [0.15, 0.2) is 34.7 Å². The Balaban J connectivity index is 1.73. The van der Waals surface area contributed by atoms with Crippen LogP contribution in [0, 0.1) is 0 Å². The molecule has 1 aromatic carbocycles. The highest BCUT2D eigenvalue weighted by molar-refractivity contribution is 7.19. The Morgan fingerprint density at radius 2 is 1.96 bits per heavy atom. The van der Waals surface area contributed by atoms with E-state index in [1.54, 1.807) is 10.6 Å². The molecule has 4 rings (SSSR count). The largest absolute Gasteiger partial charge is 0.453 e. The van der Waals surface area contributed by atoms with Gasteiger partial charge in [-0.1, -0.05) is 47.5 Å². The highest BCUT2D eigenvalue weighted by atomic mass is 35.5. The predicted molar refractivity (Wildman–Crippen MR) is 95.8 cm³/mol. The summed E-state index contributed by atoms with van der Waals surface area (Å²) < 4.78 is 7.71. The minimum absolute atomic E-state index is 0.475. The van der Waals surface area contributed by atoms with E-state index in [9.17, 15) is 0 Å². The number of benzene rings is 1. The molecule has 3 aromatic heterocycles. The van der Waals surface area contributed by atoms with E-state index >= 15 is 0 Å². The normalized spacial score (nSPS) is 11.5. The van der Waals surface area contributed by atoms with Crippen molar-refractivity contribution in [3.05, 3.63) is 46.2 Å². The van der Waals surface area contributed by atoms with Gasteiger partial charge in [-0.15, -0.1) is 15.3 Å². The molecule has 0 spiro atoms. The van der Waals surface area contributed by atoms with E-state index in [0.717, 1.165) is 34.2 Å². The summed E-state index contributed by atoms with van der Waals surface area (Å²) in [5.74, 6) is 2.18. The zero-order chi connectivity index (χ0) is 16.7. The molecule has 8 heteroatoms. The molecule has 0 radical (unpaired) electrons. The molecule has 0 N–H and O–H groups in total. The van der Waals surface area contributed by atoms with Gasteiger partial charge in [-0.25, -0.2) is 0 Å². The van der Waals surface area contributed by atoms with Crippen molar-refractivity contribution >= 4 is 39.5 Å². The Labute approximate surface area is 151 Å². The van der Waals surface area contributed by atoms with Crippen molar-refractivity contribution in [2.45, 2.75) is 19.8 Å². The maximum Gasteiger partial charge on any atom is 0.235 e. The van der Waals surface area contributed by atoms with Crippen LogP contribution in [0.1, 0.15) is 19.2 Å². The van der Waals surface area contributed by atoms with Crippen molar-refractivity contribution in [3.63, 3.8) is 0 Å². The average molecular weight is 379 g/mol. The van der Waals surface area contributed by atoms with Gasteiger partial charge in [0.05, 0.1) is 10.0 Å². The Hall–Kier alpha value is -1.89. The van der Waals surface area contributed by atoms with Crippen LogP contribution >= 0.6 is 34.5 Å². The third-order valence-corrected chi connectivity index (χ3v) is 5.30. The lowest BCUT2D eigenvalue weighted by molar-refractivity contribution is 0.595. The number of aryl methyl sites for hydroxylation is 1. The van der Waals surface area contributed by atoms with Crippen LogP contribution < -0.4 is 0 Å². The maximum absolute atomic E-state index is 6.26. The molecule has 0 aliphatic heterocycles. The first-order valence-corrected chi connectivity index (χ1v) is 9.00. The molecule has 5 nitrogen and oxygen atoms in total. The minimum Gasteiger partial charge on any atom is -0.453 e. The molecule has 4 aromatic rings. The van der Waals surface area contributed by atoms with E-state index in [1.165, 1.54) is 11.3 Å². The summed E-state index contributed by atoms with van der Waals surface area (Å²) in [4.78, 5) is 0.757. The predicted octanol–water partition coefficient (Wildman–Crippen LogP) is 5.37. The van der Waals surface area contributed by atoms with Crippen molar-refractivity contribution in [1.29, 1.82) is 0 Å². The van der Waals surface area contributed by atoms with E-state index in [2.05, 4.69) is 22.2 Å². The fourth-order valence-corrected chi connectivity index (χ4v) is 3.64. The van der Waals surface area contributed by atoms with Crippen molar-refractivity contribution in [3.8, 4) is 22.1 Å². The van der Waals surface area contributed by atoms with E-state index in [0.29, 0.717) is 21.6 Å². The Kier molecular flexibility index (Phi) is 4.04. The first-order valence-electron chi connectivity index (χ1n) is 7.43. The van der Waals surface area contributed by atoms with Crippen LogP contribution in [0.5, 0.6) is 0 Å². The lowest BCUT2D eigenvalue weighted by atomic mass is 10.2. The molecule has 0 atom stereocenters. The fourth-order valence-electron chi connectivity index (χ4n) is 2.43. The SMILES string of the molecule is CCCc1nnc2sc(-c3ccc(-c4cccc(Cl)c4Cl)o3)nn12. The number of rotatable bonds is 4. The van der Waals surface area contributed by atoms with Crippen molar-refractivity contribution < 1.29 is 4.42 Å². The second kappa shape index (κ2) is 6.20. The van der Waals surface area contributed by atoms with Gasteiger partial charge < -0.3 is 4.42 Å². The number of nitrogens with zero attached hydrogens (tertiary/aromatic N) is 4. The first-order chi connectivity index (χ1) is 11.7. The Morgan fingerprint density at radius 1 is 1.12 bits per heavy atom. The molecule has 0 saturated carbocycles. The topological polar surface area (TPSA) is 56.2 Å². The van der Waals surface area contributed by atoms with Gasteiger partial charge in [0.25, 0.3) is 0 Å². The van der Waals surface area contributed by atoms with Gasteiger partial charge in [-0.05, 0) is 30.7 Å². The summed E-state index contributed by atoms with van der Waals surface area (Å²) in [5, 5.41) is 14.6. The standard InChI is InChI=1S/C16H12Cl2N4OS/c1-2-4-13-19-20-16-22(13)21-15(24-16)12-8-7-11(23-12)9-5-3-6-10(17)14(9)18/h3,5-8H,2,4H2,1H3. The van der Waals surface area contributed by atoms with Crippen LogP contribution in [-0.4, -0.2) is 19.8 Å². The number of fused-ring (bicyclic) bond motifs is 1. The lowest BCUT2D eigenvalue weighted by Crippen LogP contribution is -1.94. The highest BCUT2D eigenvalue weighted by Gasteiger charge is 2.17. The van der Waals surface area contributed by atoms with Gasteiger partial charge in [0.2, 0.25) is 4.96 Å². The van der Waals surface area contributed by atoms with Gasteiger partial charge in [0.15, 0.2) is 16.6 Å². The molecule has 0 aliphatic rings. The van der Waals surface area contributed by atoms with Crippen LogP contribution in [0.3, 0.4) is 0 Å². The quantitative estimate of drug-likeness (QED) is 0.478. The molecule has 0 saturated heterocycles. The molecule has 0 aliphatic carbocycles. The summed E-state index contributed by atoms with van der Waals surface area (Å²) in [6, 6.07) is 9.19. The Bertz CT molecular complexity index is 1020. The van der Waals surface area contributed by atoms with Gasteiger partial charge in [-0.3, -0.25) is 0 Å². The Morgan fingerprint density at radius 3 is 2.79 bits per heavy atom. The van der Waals surface area contributed by atoms with Gasteiger partial charge in [0.1, 0.15) is 5.76 Å². The van der Waals surface area contributed by atoms with Gasteiger partial charge in [0, 0.05) is 12.0 Å². The monoisotopic (exact) mass is 378 g/mol. The number of hydrogen-bond donors (Lipinski definition) is 0. The highest BCUT2D eigenvalue weighted by Crippen LogP contribution is 2.37. The maximum atomic E-state index is 6.26. The smallest absolute Gasteiger partial charge is 0.235 e. The summed E-state index contributed by atoms with van der Waals surface area (Å²) in [7, 11) is 0. The van der Waals surface area contributed by atoms with Crippen LogP contribution in [-0.2, 0) is 6.42 Å². The van der Waals surface area contributed by atoms with Crippen molar-refractivity contribution in [2.24, 2.45) is 0 Å². The zero-order valence-corrected chi connectivity index (χ0v) is 15.0. The van der Waals surface area contributed by atoms with Crippen LogP contribution in [0.2, 0.25) is 10.0 Å². The molecule has 122 valence electrons. The first kappa shape index (κ1) is 15.6. The number of furan rings is 1. The van der Waals surface area contributed by atoms with Crippen molar-refractivity contribution in [2.75, 3.05) is 0 Å². The van der Waals surface area contributed by atoms with E-state index in [4.69, 9.17) is 27.6 Å². The van der Waals surface area contributed by atoms with E-state index in [-0.39, 0.29) is 0 Å².